The second kappa shape index (κ2) is 17.4. The largest absolute Gasteiger partial charge is 0.496 e. The van der Waals surface area contributed by atoms with Crippen molar-refractivity contribution in [1.29, 1.82) is 0 Å². The molecule has 2 amide bonds. The van der Waals surface area contributed by atoms with Crippen LogP contribution in [0.2, 0.25) is 0 Å². The Bertz CT molecular complexity index is 804. The Kier molecular flexibility index (Phi) is 15.4. The molecular formula is C25H42BrN3O7. The number of rotatable bonds is 9. The number of nitrogens with zero attached hydrogens (tertiary/aromatic N) is 1. The van der Waals surface area contributed by atoms with E-state index in [9.17, 15) is 9.59 Å². The number of carbonyl (C=O) groups is 2. The Morgan fingerprint density at radius 3 is 2.28 bits per heavy atom. The Balaban J connectivity index is 0.000000620. The number of halogens is 1. The van der Waals surface area contributed by atoms with E-state index in [-0.39, 0.29) is 12.0 Å². The Morgan fingerprint density at radius 1 is 1.17 bits per heavy atom. The zero-order chi connectivity index (χ0) is 27.0. The van der Waals surface area contributed by atoms with Crippen LogP contribution < -0.4 is 20.1 Å². The summed E-state index contributed by atoms with van der Waals surface area (Å²) in [4.78, 5) is 23.9. The van der Waals surface area contributed by atoms with Gasteiger partial charge in [-0.15, -0.1) is 0 Å². The van der Waals surface area contributed by atoms with Gasteiger partial charge in [0.2, 0.25) is 5.91 Å². The molecule has 0 saturated carbocycles. The standard InChI is InChI=1S/C19H27BrN2O5.C3H7NO.C3H8O/c1-24-16-10-15(20)17(25-2)9-14(16)3-5-21-18(23)27-8-7-22-6-4-19(11-22)12-26-13-19;1-3(5)4-2;1-3-4-2/h9-10H,3-8,11-13H2,1-2H3,(H,21,23);1-2H3,(H,4,5);3H2,1-2H3. The summed E-state index contributed by atoms with van der Waals surface area (Å²) >= 11 is 3.44. The molecule has 1 spiro atoms. The minimum absolute atomic E-state index is 0.00463. The topological polar surface area (TPSA) is 108 Å². The highest BCUT2D eigenvalue weighted by Gasteiger charge is 2.44. The molecular weight excluding hydrogens is 534 g/mol. The molecule has 0 aliphatic carbocycles. The zero-order valence-corrected chi connectivity index (χ0v) is 24.0. The molecule has 1 aromatic carbocycles. The van der Waals surface area contributed by atoms with Crippen molar-refractivity contribution < 1.29 is 33.3 Å². The van der Waals surface area contributed by atoms with E-state index in [1.165, 1.54) is 13.3 Å². The molecule has 0 atom stereocenters. The van der Waals surface area contributed by atoms with Crippen LogP contribution in [-0.4, -0.2) is 97.9 Å². The molecule has 2 saturated heterocycles. The van der Waals surface area contributed by atoms with Gasteiger partial charge >= 0.3 is 6.09 Å². The third-order valence-electron chi connectivity index (χ3n) is 5.83. The molecule has 0 unspecified atom stereocenters. The molecule has 3 rings (SSSR count). The highest BCUT2D eigenvalue weighted by atomic mass is 79.9. The molecule has 0 aromatic heterocycles. The maximum Gasteiger partial charge on any atom is 0.407 e. The molecule has 2 N–H and O–H groups in total. The molecule has 0 radical (unpaired) electrons. The summed E-state index contributed by atoms with van der Waals surface area (Å²) in [7, 11) is 6.52. The Morgan fingerprint density at radius 2 is 1.81 bits per heavy atom. The Hall–Kier alpha value is -2.08. The summed E-state index contributed by atoms with van der Waals surface area (Å²) in [5, 5.41) is 5.18. The number of likely N-dealkylation sites (tertiary alicyclic amines) is 1. The predicted molar refractivity (Wildman–Crippen MR) is 142 cm³/mol. The maximum absolute atomic E-state index is 11.9. The van der Waals surface area contributed by atoms with E-state index in [0.29, 0.717) is 25.0 Å². The van der Waals surface area contributed by atoms with Crippen LogP contribution in [-0.2, 0) is 25.4 Å². The lowest BCUT2D eigenvalue weighted by atomic mass is 9.85. The van der Waals surface area contributed by atoms with Crippen molar-refractivity contribution in [3.63, 3.8) is 0 Å². The van der Waals surface area contributed by atoms with E-state index >= 15 is 0 Å². The van der Waals surface area contributed by atoms with Crippen LogP contribution in [0, 0.1) is 5.41 Å². The van der Waals surface area contributed by atoms with Crippen LogP contribution in [0.4, 0.5) is 4.79 Å². The van der Waals surface area contributed by atoms with Gasteiger partial charge < -0.3 is 34.3 Å². The molecule has 2 aliphatic heterocycles. The highest BCUT2D eigenvalue weighted by Crippen LogP contribution is 2.37. The van der Waals surface area contributed by atoms with Crippen molar-refractivity contribution in [2.75, 3.05) is 81.0 Å². The van der Waals surface area contributed by atoms with Crippen LogP contribution in [0.25, 0.3) is 0 Å². The first-order chi connectivity index (χ1) is 17.2. The molecule has 11 heteroatoms. The lowest BCUT2D eigenvalue weighted by molar-refractivity contribution is -0.118. The first kappa shape index (κ1) is 31.9. The van der Waals surface area contributed by atoms with Gasteiger partial charge in [-0.25, -0.2) is 4.79 Å². The molecule has 10 nitrogen and oxygen atoms in total. The minimum Gasteiger partial charge on any atom is -0.496 e. The van der Waals surface area contributed by atoms with E-state index in [2.05, 4.69) is 36.2 Å². The second-order valence-electron chi connectivity index (χ2n) is 8.51. The summed E-state index contributed by atoms with van der Waals surface area (Å²) in [6.07, 6.45) is 1.41. The van der Waals surface area contributed by atoms with E-state index in [4.69, 9.17) is 18.9 Å². The van der Waals surface area contributed by atoms with Crippen molar-refractivity contribution in [3.05, 3.63) is 22.2 Å². The smallest absolute Gasteiger partial charge is 0.407 e. The fourth-order valence-corrected chi connectivity index (χ4v) is 4.07. The number of benzene rings is 1. The number of methoxy groups -OCH3 is 3. The number of hydrogen-bond acceptors (Lipinski definition) is 8. The average molecular weight is 577 g/mol. The van der Waals surface area contributed by atoms with Crippen molar-refractivity contribution in [1.82, 2.24) is 15.5 Å². The number of nitrogens with one attached hydrogen (secondary N) is 2. The molecule has 2 heterocycles. The molecule has 2 aliphatic rings. The average Bonchev–Trinajstić information content (AvgIpc) is 3.30. The molecule has 2 fully saturated rings. The number of hydrogen-bond donors (Lipinski definition) is 2. The van der Waals surface area contributed by atoms with Gasteiger partial charge in [0.05, 0.1) is 31.9 Å². The third-order valence-corrected chi connectivity index (χ3v) is 6.45. The molecule has 1 aromatic rings. The van der Waals surface area contributed by atoms with Gasteiger partial charge in [-0.05, 0) is 59.9 Å². The normalized spacial score (nSPS) is 15.4. The maximum atomic E-state index is 11.9. The van der Waals surface area contributed by atoms with Gasteiger partial charge in [-0.3, -0.25) is 9.69 Å². The van der Waals surface area contributed by atoms with E-state index in [1.807, 2.05) is 19.1 Å². The van der Waals surface area contributed by atoms with Crippen molar-refractivity contribution in [2.24, 2.45) is 5.41 Å². The fourth-order valence-electron chi connectivity index (χ4n) is 3.58. The lowest BCUT2D eigenvalue weighted by Gasteiger charge is -2.37. The summed E-state index contributed by atoms with van der Waals surface area (Å²) < 4.78 is 26.7. The first-order valence-electron chi connectivity index (χ1n) is 12.0. The minimum atomic E-state index is -0.390. The monoisotopic (exact) mass is 575 g/mol. The van der Waals surface area contributed by atoms with Crippen molar-refractivity contribution in [2.45, 2.75) is 26.7 Å². The van der Waals surface area contributed by atoms with Gasteiger partial charge in [-0.1, -0.05) is 0 Å². The van der Waals surface area contributed by atoms with Crippen LogP contribution in [0.15, 0.2) is 16.6 Å². The third kappa shape index (κ3) is 11.3. The van der Waals surface area contributed by atoms with E-state index in [0.717, 1.165) is 61.0 Å². The number of ether oxygens (including phenoxy) is 5. The van der Waals surface area contributed by atoms with Crippen LogP contribution in [0.1, 0.15) is 25.8 Å². The quantitative estimate of drug-likeness (QED) is 0.463. The van der Waals surface area contributed by atoms with Crippen LogP contribution >= 0.6 is 15.9 Å². The first-order valence-corrected chi connectivity index (χ1v) is 12.8. The molecule has 206 valence electrons. The SMILES string of the molecule is CCOC.CNC(C)=O.COc1cc(CCNC(=O)OCCN2CCC3(COC3)C2)c(OC)cc1Br. The van der Waals surface area contributed by atoms with Gasteiger partial charge in [0.25, 0.3) is 0 Å². The predicted octanol–water partition coefficient (Wildman–Crippen LogP) is 2.86. The van der Waals surface area contributed by atoms with Gasteiger partial charge in [-0.2, -0.15) is 0 Å². The summed E-state index contributed by atoms with van der Waals surface area (Å²) in [6.45, 7) is 9.72. The highest BCUT2D eigenvalue weighted by molar-refractivity contribution is 9.10. The van der Waals surface area contributed by atoms with Crippen LogP contribution in [0.5, 0.6) is 11.5 Å². The second-order valence-corrected chi connectivity index (χ2v) is 9.37. The van der Waals surface area contributed by atoms with E-state index in [1.54, 1.807) is 28.4 Å². The molecule has 36 heavy (non-hydrogen) atoms. The van der Waals surface area contributed by atoms with Gasteiger partial charge in [0.15, 0.2) is 0 Å². The molecule has 0 bridgehead atoms. The Labute approximate surface area is 223 Å². The summed E-state index contributed by atoms with van der Waals surface area (Å²) in [5.74, 6) is 1.49. The lowest BCUT2D eigenvalue weighted by Crippen LogP contribution is -2.45. The van der Waals surface area contributed by atoms with Gasteiger partial charge in [0, 0.05) is 52.7 Å². The van der Waals surface area contributed by atoms with Crippen LogP contribution in [0.3, 0.4) is 0 Å². The number of alkyl carbamates (subject to hydrolysis) is 1. The van der Waals surface area contributed by atoms with Crippen molar-refractivity contribution >= 4 is 27.9 Å². The summed E-state index contributed by atoms with van der Waals surface area (Å²) in [6, 6.07) is 3.77. The van der Waals surface area contributed by atoms with Crippen molar-refractivity contribution in [3.8, 4) is 11.5 Å². The zero-order valence-electron chi connectivity index (χ0n) is 22.4. The number of amides is 2. The van der Waals surface area contributed by atoms with Gasteiger partial charge in [0.1, 0.15) is 18.1 Å². The van der Waals surface area contributed by atoms with E-state index < -0.39 is 0 Å². The fraction of sp³-hybridized carbons (Fsp3) is 0.680. The number of carbonyl (C=O) groups excluding carboxylic acids is 2. The summed E-state index contributed by atoms with van der Waals surface area (Å²) in [5.41, 5.74) is 1.33.